The highest BCUT2D eigenvalue weighted by atomic mass is 19.1. The van der Waals surface area contributed by atoms with Crippen molar-refractivity contribution in [3.8, 4) is 5.75 Å². The topological polar surface area (TPSA) is 35.2 Å². The second-order valence-electron chi connectivity index (χ2n) is 3.24. The van der Waals surface area contributed by atoms with Crippen molar-refractivity contribution in [1.29, 1.82) is 0 Å². The predicted octanol–water partition coefficient (Wildman–Crippen LogP) is 2.98. The maximum atomic E-state index is 12.7. The maximum absolute atomic E-state index is 12.7. The number of ether oxygens (including phenoxy) is 1. The van der Waals surface area contributed by atoms with Gasteiger partial charge in [0.05, 0.1) is 12.3 Å². The van der Waals surface area contributed by atoms with Crippen LogP contribution in [0.2, 0.25) is 0 Å². The molecule has 0 saturated carbocycles. The Morgan fingerprint density at radius 1 is 1.36 bits per heavy atom. The molecule has 1 aromatic rings. The average molecular weight is 197 g/mol. The van der Waals surface area contributed by atoms with Gasteiger partial charge in [-0.25, -0.2) is 4.39 Å². The van der Waals surface area contributed by atoms with E-state index in [4.69, 9.17) is 10.5 Å². The van der Waals surface area contributed by atoms with Crippen molar-refractivity contribution in [2.24, 2.45) is 0 Å². The van der Waals surface area contributed by atoms with Gasteiger partial charge in [-0.15, -0.1) is 0 Å². The summed E-state index contributed by atoms with van der Waals surface area (Å²) in [5.74, 6) is 0.242. The van der Waals surface area contributed by atoms with Gasteiger partial charge in [0.15, 0.2) is 0 Å². The van der Waals surface area contributed by atoms with Crippen LogP contribution in [0.3, 0.4) is 0 Å². The van der Waals surface area contributed by atoms with Gasteiger partial charge in [-0.1, -0.05) is 19.8 Å². The Kier molecular flexibility index (Phi) is 4.23. The van der Waals surface area contributed by atoms with E-state index in [0.717, 1.165) is 19.3 Å². The summed E-state index contributed by atoms with van der Waals surface area (Å²) < 4.78 is 18.1. The van der Waals surface area contributed by atoms with E-state index >= 15 is 0 Å². The molecule has 0 aromatic heterocycles. The first-order valence-corrected chi connectivity index (χ1v) is 4.92. The molecule has 0 fully saturated rings. The summed E-state index contributed by atoms with van der Waals surface area (Å²) >= 11 is 0. The molecule has 14 heavy (non-hydrogen) atoms. The summed E-state index contributed by atoms with van der Waals surface area (Å²) in [4.78, 5) is 0. The molecule has 2 N–H and O–H groups in total. The number of nitrogen functional groups attached to an aromatic ring is 1. The van der Waals surface area contributed by atoms with E-state index in [1.54, 1.807) is 6.07 Å². The highest BCUT2D eigenvalue weighted by Crippen LogP contribution is 2.21. The minimum Gasteiger partial charge on any atom is -0.491 e. The second-order valence-corrected chi connectivity index (χ2v) is 3.24. The van der Waals surface area contributed by atoms with Crippen molar-refractivity contribution in [2.75, 3.05) is 12.3 Å². The molecule has 1 rings (SSSR count). The molecule has 3 heteroatoms. The Hall–Kier alpha value is -1.25. The summed E-state index contributed by atoms with van der Waals surface area (Å²) in [6.45, 7) is 2.77. The molecule has 0 saturated heterocycles. The standard InChI is InChI=1S/C11H16FNO/c1-2-3-4-7-14-11-6-5-9(12)8-10(11)13/h5-6,8H,2-4,7,13H2,1H3. The van der Waals surface area contributed by atoms with E-state index < -0.39 is 0 Å². The zero-order chi connectivity index (χ0) is 10.4. The van der Waals surface area contributed by atoms with Crippen LogP contribution in [0.4, 0.5) is 10.1 Å². The minimum atomic E-state index is -0.330. The van der Waals surface area contributed by atoms with Crippen LogP contribution in [0.5, 0.6) is 5.75 Å². The third kappa shape index (κ3) is 3.24. The van der Waals surface area contributed by atoms with Gasteiger partial charge in [-0.05, 0) is 18.6 Å². The Bertz CT molecular complexity index is 289. The lowest BCUT2D eigenvalue weighted by Gasteiger charge is -2.07. The third-order valence-electron chi connectivity index (χ3n) is 1.98. The Labute approximate surface area is 83.9 Å². The van der Waals surface area contributed by atoms with E-state index in [1.807, 2.05) is 0 Å². The smallest absolute Gasteiger partial charge is 0.142 e. The molecular weight excluding hydrogens is 181 g/mol. The molecule has 78 valence electrons. The van der Waals surface area contributed by atoms with E-state index in [2.05, 4.69) is 6.92 Å². The number of rotatable bonds is 5. The third-order valence-corrected chi connectivity index (χ3v) is 1.98. The molecule has 0 aliphatic heterocycles. The largest absolute Gasteiger partial charge is 0.491 e. The lowest BCUT2D eigenvalue weighted by molar-refractivity contribution is 0.307. The fourth-order valence-electron chi connectivity index (χ4n) is 1.18. The fraction of sp³-hybridized carbons (Fsp3) is 0.455. The molecule has 0 atom stereocenters. The SMILES string of the molecule is CCCCCOc1ccc(F)cc1N. The van der Waals surface area contributed by atoms with Gasteiger partial charge in [0, 0.05) is 6.07 Å². The summed E-state index contributed by atoms with van der Waals surface area (Å²) in [7, 11) is 0. The normalized spacial score (nSPS) is 10.1. The zero-order valence-electron chi connectivity index (χ0n) is 8.42. The van der Waals surface area contributed by atoms with E-state index in [0.29, 0.717) is 18.0 Å². The Morgan fingerprint density at radius 2 is 2.14 bits per heavy atom. The van der Waals surface area contributed by atoms with Crippen molar-refractivity contribution < 1.29 is 9.13 Å². The molecule has 0 unspecified atom stereocenters. The van der Waals surface area contributed by atoms with Crippen molar-refractivity contribution >= 4 is 5.69 Å². The van der Waals surface area contributed by atoms with Crippen LogP contribution in [0.1, 0.15) is 26.2 Å². The number of halogens is 1. The van der Waals surface area contributed by atoms with Gasteiger partial charge < -0.3 is 10.5 Å². The number of nitrogens with two attached hydrogens (primary N) is 1. The minimum absolute atomic E-state index is 0.330. The molecule has 0 spiro atoms. The number of hydrogen-bond donors (Lipinski definition) is 1. The number of benzene rings is 1. The molecule has 2 nitrogen and oxygen atoms in total. The number of unbranched alkanes of at least 4 members (excludes halogenated alkanes) is 2. The molecule has 0 radical (unpaired) electrons. The molecule has 1 aromatic carbocycles. The lowest BCUT2D eigenvalue weighted by Crippen LogP contribution is -2.00. The first kappa shape index (κ1) is 10.8. The first-order chi connectivity index (χ1) is 6.74. The van der Waals surface area contributed by atoms with Crippen LogP contribution in [0, 0.1) is 5.82 Å². The van der Waals surface area contributed by atoms with E-state index in [9.17, 15) is 4.39 Å². The lowest BCUT2D eigenvalue weighted by atomic mass is 10.2. The van der Waals surface area contributed by atoms with Crippen LogP contribution in [0.25, 0.3) is 0 Å². The molecule has 0 bridgehead atoms. The highest BCUT2D eigenvalue weighted by Gasteiger charge is 2.00. The average Bonchev–Trinajstić information content (AvgIpc) is 2.15. The summed E-state index contributed by atoms with van der Waals surface area (Å²) in [5, 5.41) is 0. The molecule has 0 amide bonds. The van der Waals surface area contributed by atoms with Crippen LogP contribution in [-0.4, -0.2) is 6.61 Å². The van der Waals surface area contributed by atoms with Crippen LogP contribution in [-0.2, 0) is 0 Å². The van der Waals surface area contributed by atoms with Crippen molar-refractivity contribution in [3.05, 3.63) is 24.0 Å². The first-order valence-electron chi connectivity index (χ1n) is 4.92. The summed E-state index contributed by atoms with van der Waals surface area (Å²) in [6.07, 6.45) is 3.30. The molecular formula is C11H16FNO. The second kappa shape index (κ2) is 5.47. The quantitative estimate of drug-likeness (QED) is 0.581. The van der Waals surface area contributed by atoms with Crippen LogP contribution >= 0.6 is 0 Å². The van der Waals surface area contributed by atoms with Gasteiger partial charge in [0.1, 0.15) is 11.6 Å². The van der Waals surface area contributed by atoms with Crippen molar-refractivity contribution in [2.45, 2.75) is 26.2 Å². The summed E-state index contributed by atoms with van der Waals surface area (Å²) in [6, 6.07) is 4.19. The molecule has 0 aliphatic carbocycles. The van der Waals surface area contributed by atoms with E-state index in [-0.39, 0.29) is 5.82 Å². The van der Waals surface area contributed by atoms with Gasteiger partial charge in [0.2, 0.25) is 0 Å². The Balaban J connectivity index is 2.42. The van der Waals surface area contributed by atoms with Gasteiger partial charge in [0.25, 0.3) is 0 Å². The van der Waals surface area contributed by atoms with Gasteiger partial charge in [-0.3, -0.25) is 0 Å². The van der Waals surface area contributed by atoms with E-state index in [1.165, 1.54) is 12.1 Å². The summed E-state index contributed by atoms with van der Waals surface area (Å²) in [5.41, 5.74) is 5.93. The van der Waals surface area contributed by atoms with Gasteiger partial charge in [-0.2, -0.15) is 0 Å². The zero-order valence-corrected chi connectivity index (χ0v) is 8.42. The fourth-order valence-corrected chi connectivity index (χ4v) is 1.18. The highest BCUT2D eigenvalue weighted by molar-refractivity contribution is 5.52. The Morgan fingerprint density at radius 3 is 2.79 bits per heavy atom. The monoisotopic (exact) mass is 197 g/mol. The van der Waals surface area contributed by atoms with Crippen molar-refractivity contribution in [1.82, 2.24) is 0 Å². The number of hydrogen-bond acceptors (Lipinski definition) is 2. The number of anilines is 1. The van der Waals surface area contributed by atoms with Crippen LogP contribution < -0.4 is 10.5 Å². The maximum Gasteiger partial charge on any atom is 0.142 e. The van der Waals surface area contributed by atoms with Crippen LogP contribution in [0.15, 0.2) is 18.2 Å². The van der Waals surface area contributed by atoms with Crippen molar-refractivity contribution in [3.63, 3.8) is 0 Å². The van der Waals surface area contributed by atoms with Gasteiger partial charge >= 0.3 is 0 Å². The molecule has 0 heterocycles. The molecule has 0 aliphatic rings. The predicted molar refractivity (Wildman–Crippen MR) is 55.8 cm³/mol.